The highest BCUT2D eigenvalue weighted by molar-refractivity contribution is 7.88. The van der Waals surface area contributed by atoms with Gasteiger partial charge in [0.15, 0.2) is 0 Å². The van der Waals surface area contributed by atoms with Gasteiger partial charge in [-0.1, -0.05) is 0 Å². The van der Waals surface area contributed by atoms with Crippen molar-refractivity contribution in [2.24, 2.45) is 0 Å². The minimum atomic E-state index is -4.52. The molecule has 1 amide bonds. The first kappa shape index (κ1) is 27.5. The number of alkyl halides is 3. The van der Waals surface area contributed by atoms with Crippen LogP contribution < -0.4 is 10.0 Å². The minimum Gasteiger partial charge on any atom is -0.358 e. The van der Waals surface area contributed by atoms with Crippen LogP contribution in [0.4, 0.5) is 19.0 Å². The van der Waals surface area contributed by atoms with Gasteiger partial charge in [0.2, 0.25) is 15.9 Å². The number of anilines is 1. The zero-order chi connectivity index (χ0) is 27.1. The van der Waals surface area contributed by atoms with E-state index in [0.29, 0.717) is 37.4 Å². The number of hydrogen-bond acceptors (Lipinski definition) is 7. The summed E-state index contributed by atoms with van der Waals surface area (Å²) >= 11 is 0. The molecule has 13 heteroatoms. The Labute approximate surface area is 214 Å². The first-order chi connectivity index (χ1) is 17.2. The average Bonchev–Trinajstić information content (AvgIpc) is 3.16. The van der Waals surface area contributed by atoms with E-state index in [0.717, 1.165) is 24.8 Å². The maximum atomic E-state index is 13.5. The third kappa shape index (κ3) is 6.15. The molecule has 4 atom stereocenters. The number of nitrogens with one attached hydrogen (secondary N) is 2. The van der Waals surface area contributed by atoms with Gasteiger partial charge in [-0.3, -0.25) is 4.79 Å². The molecule has 0 unspecified atom stereocenters. The number of sulfonamides is 1. The summed E-state index contributed by atoms with van der Waals surface area (Å²) in [7, 11) is -1.49. The fourth-order valence-electron chi connectivity index (χ4n) is 5.38. The fraction of sp³-hybridized carbons (Fsp3) is 0.625. The Balaban J connectivity index is 1.54. The molecule has 1 saturated carbocycles. The molecule has 1 aromatic carbocycles. The van der Waals surface area contributed by atoms with Crippen LogP contribution in [0, 0.1) is 0 Å². The lowest BCUT2D eigenvalue weighted by molar-refractivity contribution is -0.137. The van der Waals surface area contributed by atoms with Crippen molar-refractivity contribution in [1.82, 2.24) is 24.5 Å². The molecule has 204 valence electrons. The van der Waals surface area contributed by atoms with Gasteiger partial charge < -0.3 is 15.1 Å². The molecule has 2 aromatic rings. The second kappa shape index (κ2) is 10.3. The summed E-state index contributed by atoms with van der Waals surface area (Å²) in [5, 5.41) is 3.21. The van der Waals surface area contributed by atoms with Crippen LogP contribution in [-0.2, 0) is 21.0 Å². The van der Waals surface area contributed by atoms with Gasteiger partial charge in [0.25, 0.3) is 0 Å². The van der Waals surface area contributed by atoms with Crippen LogP contribution in [-0.4, -0.2) is 84.2 Å². The van der Waals surface area contributed by atoms with E-state index >= 15 is 0 Å². The third-order valence-electron chi connectivity index (χ3n) is 7.46. The molecule has 9 nitrogen and oxygen atoms in total. The molecule has 2 N–H and O–H groups in total. The van der Waals surface area contributed by atoms with Crippen molar-refractivity contribution in [1.29, 1.82) is 0 Å². The number of rotatable bonds is 7. The van der Waals surface area contributed by atoms with Gasteiger partial charge >= 0.3 is 6.18 Å². The number of benzene rings is 1. The molecule has 37 heavy (non-hydrogen) atoms. The largest absolute Gasteiger partial charge is 0.416 e. The molecule has 0 bridgehead atoms. The third-order valence-corrected chi connectivity index (χ3v) is 8.19. The zero-order valence-corrected chi connectivity index (χ0v) is 22.1. The van der Waals surface area contributed by atoms with Crippen LogP contribution in [0.3, 0.4) is 0 Å². The monoisotopic (exact) mass is 542 g/mol. The first-order valence-corrected chi connectivity index (χ1v) is 14.2. The number of halogens is 3. The number of likely N-dealkylation sites (tertiary alicyclic amines) is 1. The molecule has 1 aliphatic carbocycles. The fourth-order valence-corrected chi connectivity index (χ4v) is 6.18. The first-order valence-electron chi connectivity index (χ1n) is 12.3. The van der Waals surface area contributed by atoms with Gasteiger partial charge in [0, 0.05) is 36.1 Å². The van der Waals surface area contributed by atoms with Gasteiger partial charge in [-0.25, -0.2) is 23.1 Å². The molecule has 2 heterocycles. The number of aromatic nitrogens is 2. The number of fused-ring (bicyclic) bond motifs is 1. The van der Waals surface area contributed by atoms with Gasteiger partial charge in [0.1, 0.15) is 18.2 Å². The molecule has 2 fully saturated rings. The normalized spacial score (nSPS) is 25.4. The molecule has 1 saturated heterocycles. The van der Waals surface area contributed by atoms with E-state index in [4.69, 9.17) is 0 Å². The van der Waals surface area contributed by atoms with Crippen LogP contribution in [0.1, 0.15) is 45.1 Å². The smallest absolute Gasteiger partial charge is 0.358 e. The predicted octanol–water partition coefficient (Wildman–Crippen LogP) is 2.84. The van der Waals surface area contributed by atoms with Gasteiger partial charge in [-0.05, 0) is 64.8 Å². The highest BCUT2D eigenvalue weighted by Crippen LogP contribution is 2.34. The molecule has 0 radical (unpaired) electrons. The second-order valence-electron chi connectivity index (χ2n) is 10.3. The van der Waals surface area contributed by atoms with E-state index in [1.165, 1.54) is 12.4 Å². The summed E-state index contributed by atoms with van der Waals surface area (Å²) in [4.78, 5) is 25.5. The van der Waals surface area contributed by atoms with Crippen molar-refractivity contribution < 1.29 is 26.4 Å². The van der Waals surface area contributed by atoms with Crippen molar-refractivity contribution in [2.75, 3.05) is 25.2 Å². The van der Waals surface area contributed by atoms with E-state index in [1.807, 2.05) is 7.05 Å². The minimum absolute atomic E-state index is 0.157. The molecule has 1 aliphatic heterocycles. The lowest BCUT2D eigenvalue weighted by Crippen LogP contribution is -2.58. The number of carbonyl (C=O) groups is 1. The Hall–Kier alpha value is -2.51. The molecule has 2 aliphatic rings. The number of nitrogens with zero attached hydrogens (tertiary/aromatic N) is 4. The number of carbonyl (C=O) groups excluding carboxylic acids is 1. The molecule has 0 spiro atoms. The Morgan fingerprint density at radius 1 is 1.16 bits per heavy atom. The van der Waals surface area contributed by atoms with Crippen LogP contribution in [0.2, 0.25) is 0 Å². The standard InChI is InChI=1S/C24H33F3N6O3S/c1-14(2)32(3)16-6-8-21(20(12-16)31-37(4,35)36)33-10-9-19(23(33)34)30-22-17-11-15(24(25,26)27)5-7-18(17)28-13-29-22/h5,7,11,13-14,16,19-21,31H,6,8-10,12H2,1-4H3,(H,28,29,30)/t16-,19+,20-,21+/m1/s1. The predicted molar refractivity (Wildman–Crippen MR) is 134 cm³/mol. The summed E-state index contributed by atoms with van der Waals surface area (Å²) in [6.45, 7) is 4.57. The maximum absolute atomic E-state index is 13.5. The SMILES string of the molecule is CC(C)N(C)[C@@H]1CC[C@H](N2CC[C@H](Nc3ncnc4ccc(C(F)(F)F)cc34)C2=O)[C@H](NS(C)(=O)=O)C1. The summed E-state index contributed by atoms with van der Waals surface area (Å²) < 4.78 is 66.9. The Morgan fingerprint density at radius 2 is 1.89 bits per heavy atom. The summed E-state index contributed by atoms with van der Waals surface area (Å²) in [5.41, 5.74) is -0.493. The van der Waals surface area contributed by atoms with Gasteiger partial charge in [-0.15, -0.1) is 0 Å². The van der Waals surface area contributed by atoms with Gasteiger partial charge in [0.05, 0.1) is 17.3 Å². The topological polar surface area (TPSA) is 108 Å². The molecular formula is C24H33F3N6O3S. The molecule has 4 rings (SSSR count). The average molecular weight is 543 g/mol. The Morgan fingerprint density at radius 3 is 2.54 bits per heavy atom. The number of amides is 1. The Bertz CT molecular complexity index is 1260. The van der Waals surface area contributed by atoms with Crippen molar-refractivity contribution in [3.63, 3.8) is 0 Å². The summed E-state index contributed by atoms with van der Waals surface area (Å²) in [6.07, 6.45) is 0.287. The Kier molecular flexibility index (Phi) is 7.69. The van der Waals surface area contributed by atoms with E-state index < -0.39 is 33.8 Å². The van der Waals surface area contributed by atoms with E-state index in [2.05, 4.69) is 38.8 Å². The van der Waals surface area contributed by atoms with Crippen molar-refractivity contribution in [2.45, 2.75) is 75.9 Å². The quantitative estimate of drug-likeness (QED) is 0.554. The van der Waals surface area contributed by atoms with Crippen LogP contribution in [0.5, 0.6) is 0 Å². The van der Waals surface area contributed by atoms with Crippen LogP contribution in [0.25, 0.3) is 10.9 Å². The van der Waals surface area contributed by atoms with E-state index in [9.17, 15) is 26.4 Å². The van der Waals surface area contributed by atoms with E-state index in [-0.39, 0.29) is 29.2 Å². The number of hydrogen-bond donors (Lipinski definition) is 2. The molecule has 1 aromatic heterocycles. The highest BCUT2D eigenvalue weighted by atomic mass is 32.2. The zero-order valence-electron chi connectivity index (χ0n) is 21.3. The summed E-state index contributed by atoms with van der Waals surface area (Å²) in [5.74, 6) is -0.0657. The van der Waals surface area contributed by atoms with Crippen LogP contribution >= 0.6 is 0 Å². The van der Waals surface area contributed by atoms with Crippen molar-refractivity contribution >= 4 is 32.7 Å². The highest BCUT2D eigenvalue weighted by Gasteiger charge is 2.43. The van der Waals surface area contributed by atoms with E-state index in [1.54, 1.807) is 4.90 Å². The molecular weight excluding hydrogens is 509 g/mol. The maximum Gasteiger partial charge on any atom is 0.416 e. The van der Waals surface area contributed by atoms with Gasteiger partial charge in [-0.2, -0.15) is 13.2 Å². The lowest BCUT2D eigenvalue weighted by Gasteiger charge is -2.44. The van der Waals surface area contributed by atoms with Crippen molar-refractivity contribution in [3.8, 4) is 0 Å². The van der Waals surface area contributed by atoms with Crippen molar-refractivity contribution in [3.05, 3.63) is 30.1 Å². The lowest BCUT2D eigenvalue weighted by atomic mass is 9.85. The summed E-state index contributed by atoms with van der Waals surface area (Å²) in [6, 6.07) is 2.25. The van der Waals surface area contributed by atoms with Crippen LogP contribution in [0.15, 0.2) is 24.5 Å². The second-order valence-corrected chi connectivity index (χ2v) is 12.0.